The number of carboxylic acids is 1. The molecule has 9 nitrogen and oxygen atoms in total. The molecule has 0 saturated heterocycles. The van der Waals surface area contributed by atoms with Crippen molar-refractivity contribution in [3.63, 3.8) is 0 Å². The molecule has 0 fully saturated rings. The van der Waals surface area contributed by atoms with Gasteiger partial charge >= 0.3 is 17.9 Å². The Labute approximate surface area is 445 Å². The monoisotopic (exact) mass is 1010 g/mol. The third kappa shape index (κ3) is 54.8. The fourth-order valence-corrected chi connectivity index (χ4v) is 6.82. The van der Waals surface area contributed by atoms with Crippen LogP contribution in [0.4, 0.5) is 0 Å². The van der Waals surface area contributed by atoms with E-state index in [1.54, 1.807) is 0 Å². The second-order valence-corrected chi connectivity index (χ2v) is 19.2. The maximum Gasteiger partial charge on any atom is 0.361 e. The highest BCUT2D eigenvalue weighted by Crippen LogP contribution is 2.12. The van der Waals surface area contributed by atoms with Crippen molar-refractivity contribution < 1.29 is 42.9 Å². The molecular formula is C64H102NO8+. The van der Waals surface area contributed by atoms with Crippen LogP contribution >= 0.6 is 0 Å². The number of hydrogen-bond donors (Lipinski definition) is 1. The summed E-state index contributed by atoms with van der Waals surface area (Å²) in [4.78, 5) is 37.0. The number of likely N-dealkylation sites (N-methyl/N-ethyl adjacent to an activating group) is 1. The topological polar surface area (TPSA) is 108 Å². The Morgan fingerprint density at radius 3 is 1.16 bits per heavy atom. The molecule has 0 rings (SSSR count). The molecule has 0 aromatic heterocycles. The first-order valence-corrected chi connectivity index (χ1v) is 28.0. The minimum Gasteiger partial charge on any atom is -0.477 e. The summed E-state index contributed by atoms with van der Waals surface area (Å²) in [7, 11) is 5.93. The molecule has 0 aromatic rings. The average molecular weight is 1010 g/mol. The van der Waals surface area contributed by atoms with Gasteiger partial charge in [-0.15, -0.1) is 0 Å². The number of rotatable bonds is 49. The van der Waals surface area contributed by atoms with E-state index in [4.69, 9.17) is 18.9 Å². The van der Waals surface area contributed by atoms with Crippen LogP contribution in [0.3, 0.4) is 0 Å². The maximum absolute atomic E-state index is 12.8. The van der Waals surface area contributed by atoms with Crippen LogP contribution in [0.25, 0.3) is 0 Å². The van der Waals surface area contributed by atoms with E-state index in [-0.39, 0.29) is 38.6 Å². The Morgan fingerprint density at radius 1 is 0.425 bits per heavy atom. The molecular weight excluding hydrogens is 911 g/mol. The summed E-state index contributed by atoms with van der Waals surface area (Å²) in [5.74, 6) is -2.07. The highest BCUT2D eigenvalue weighted by Gasteiger charge is 2.25. The quantitative estimate of drug-likeness (QED) is 0.0211. The van der Waals surface area contributed by atoms with Crippen molar-refractivity contribution >= 4 is 17.9 Å². The zero-order chi connectivity index (χ0) is 53.4. The average Bonchev–Trinajstić information content (AvgIpc) is 3.36. The molecule has 0 spiro atoms. The molecule has 410 valence electrons. The van der Waals surface area contributed by atoms with Gasteiger partial charge in [-0.25, -0.2) is 4.79 Å². The molecule has 1 N–H and O–H groups in total. The minimum absolute atomic E-state index is 0.176. The van der Waals surface area contributed by atoms with Crippen molar-refractivity contribution in [3.05, 3.63) is 146 Å². The fourth-order valence-electron chi connectivity index (χ4n) is 6.82. The van der Waals surface area contributed by atoms with Crippen LogP contribution in [0.15, 0.2) is 146 Å². The summed E-state index contributed by atoms with van der Waals surface area (Å²) in [6, 6.07) is 0. The predicted octanol–water partition coefficient (Wildman–Crippen LogP) is 16.4. The van der Waals surface area contributed by atoms with Crippen LogP contribution in [0.2, 0.25) is 0 Å². The van der Waals surface area contributed by atoms with Crippen LogP contribution in [-0.4, -0.2) is 87.4 Å². The molecule has 0 amide bonds. The third-order valence-electron chi connectivity index (χ3n) is 11.1. The lowest BCUT2D eigenvalue weighted by atomic mass is 10.1. The highest BCUT2D eigenvalue weighted by molar-refractivity contribution is 5.71. The van der Waals surface area contributed by atoms with Gasteiger partial charge in [-0.2, -0.15) is 0 Å². The van der Waals surface area contributed by atoms with E-state index in [2.05, 4.69) is 160 Å². The molecule has 73 heavy (non-hydrogen) atoms. The number of quaternary nitrogens is 1. The van der Waals surface area contributed by atoms with E-state index in [1.165, 1.54) is 25.7 Å². The molecule has 0 bridgehead atoms. The molecule has 2 atom stereocenters. The van der Waals surface area contributed by atoms with Gasteiger partial charge in [-0.05, 0) is 103 Å². The van der Waals surface area contributed by atoms with Gasteiger partial charge in [0.1, 0.15) is 13.2 Å². The first-order valence-electron chi connectivity index (χ1n) is 28.0. The Morgan fingerprint density at radius 2 is 0.781 bits per heavy atom. The summed E-state index contributed by atoms with van der Waals surface area (Å²) < 4.78 is 22.6. The number of nitrogens with zero attached hydrogens (tertiary/aromatic N) is 1. The number of ether oxygens (including phenoxy) is 4. The number of allylic oxidation sites excluding steroid dienone is 24. The molecule has 0 aliphatic heterocycles. The molecule has 0 radical (unpaired) electrons. The van der Waals surface area contributed by atoms with Gasteiger partial charge in [-0.1, -0.05) is 211 Å². The lowest BCUT2D eigenvalue weighted by Crippen LogP contribution is -2.40. The standard InChI is InChI=1S/C64H101NO8/c1-6-8-10-12-14-15-16-17-18-19-20-21-22-23-24-25-26-27-28-29-30-31-32-33-34-35-36-37-38-39-40-41-42-43-44-45-46-47-49-51-53-55-62(67)73-60(58-71-61(66)54-52-50-48-13-11-9-7-2)59-72-64(63(68)69)70-57-56-65(3,4)5/h8,10,14-15,17-18,20-21,23-24,26-27,29-30,32-33,35-36,38-39,41-42,44-45,60,64H,6-7,9,11-13,16,19,22,25,28,31,34,37,40,43,46-59H2,1-5H3/p+1/b10-8-,15-14-,18-17-,21-20-,24-23-,27-26-,30-29-,33-32-,36-35-,39-38-,42-41-,45-44-. The van der Waals surface area contributed by atoms with Gasteiger partial charge in [0.2, 0.25) is 0 Å². The van der Waals surface area contributed by atoms with Crippen molar-refractivity contribution in [3.8, 4) is 0 Å². The van der Waals surface area contributed by atoms with Gasteiger partial charge in [0, 0.05) is 12.8 Å². The van der Waals surface area contributed by atoms with E-state index < -0.39 is 24.3 Å². The largest absolute Gasteiger partial charge is 0.477 e. The first-order chi connectivity index (χ1) is 35.6. The molecule has 0 aromatic carbocycles. The van der Waals surface area contributed by atoms with Gasteiger partial charge in [0.15, 0.2) is 6.10 Å². The summed E-state index contributed by atoms with van der Waals surface area (Å²) >= 11 is 0. The number of aliphatic carboxylic acids is 1. The van der Waals surface area contributed by atoms with Crippen LogP contribution in [0, 0.1) is 0 Å². The number of hydrogen-bond acceptors (Lipinski definition) is 7. The predicted molar refractivity (Wildman–Crippen MR) is 308 cm³/mol. The third-order valence-corrected chi connectivity index (χ3v) is 11.1. The molecule has 9 heteroatoms. The summed E-state index contributed by atoms with van der Waals surface area (Å²) in [5.41, 5.74) is 0. The fraction of sp³-hybridized carbons (Fsp3) is 0.578. The van der Waals surface area contributed by atoms with Crippen LogP contribution in [0.1, 0.15) is 181 Å². The highest BCUT2D eigenvalue weighted by atomic mass is 16.7. The second-order valence-electron chi connectivity index (χ2n) is 19.2. The van der Waals surface area contributed by atoms with E-state index in [1.807, 2.05) is 21.1 Å². The molecule has 0 aliphatic rings. The molecule has 0 aliphatic carbocycles. The zero-order valence-corrected chi connectivity index (χ0v) is 46.5. The van der Waals surface area contributed by atoms with E-state index >= 15 is 0 Å². The lowest BCUT2D eigenvalue weighted by molar-refractivity contribution is -0.870. The maximum atomic E-state index is 12.8. The van der Waals surface area contributed by atoms with Gasteiger partial charge in [0.25, 0.3) is 6.29 Å². The number of carbonyl (C=O) groups excluding carboxylic acids is 2. The van der Waals surface area contributed by atoms with E-state index in [0.717, 1.165) is 122 Å². The van der Waals surface area contributed by atoms with Crippen molar-refractivity contribution in [2.45, 2.75) is 193 Å². The van der Waals surface area contributed by atoms with Crippen LogP contribution < -0.4 is 0 Å². The van der Waals surface area contributed by atoms with E-state index in [9.17, 15) is 19.5 Å². The first kappa shape index (κ1) is 68.2. The molecule has 0 saturated carbocycles. The molecule has 2 unspecified atom stereocenters. The van der Waals surface area contributed by atoms with Crippen molar-refractivity contribution in [2.75, 3.05) is 47.5 Å². The van der Waals surface area contributed by atoms with E-state index in [0.29, 0.717) is 17.4 Å². The van der Waals surface area contributed by atoms with Crippen molar-refractivity contribution in [1.29, 1.82) is 0 Å². The number of unbranched alkanes of at least 4 members (excludes halogenated alkanes) is 10. The Kier molecular flexibility index (Phi) is 49.9. The van der Waals surface area contributed by atoms with Crippen LogP contribution in [0.5, 0.6) is 0 Å². The smallest absolute Gasteiger partial charge is 0.361 e. The summed E-state index contributed by atoms with van der Waals surface area (Å²) in [6.45, 7) is 4.64. The molecule has 0 heterocycles. The summed E-state index contributed by atoms with van der Waals surface area (Å²) in [6.07, 6.45) is 75.4. The number of esters is 2. The lowest BCUT2D eigenvalue weighted by Gasteiger charge is -2.25. The van der Waals surface area contributed by atoms with Gasteiger partial charge < -0.3 is 28.5 Å². The SMILES string of the molecule is CC/C=C\C/C=C\C/C=C\C/C=C\C/C=C\C/C=C\C/C=C\C/C=C\C/C=C\C/C=C\C/C=C\C/C=C\CCCCCCC(=O)OC(COC(=O)CCCCCCCCC)COC(OCC[N+](C)(C)C)C(=O)O. The van der Waals surface area contributed by atoms with Crippen LogP contribution in [-0.2, 0) is 33.3 Å². The Balaban J connectivity index is 4.15. The van der Waals surface area contributed by atoms with Crippen molar-refractivity contribution in [2.24, 2.45) is 0 Å². The minimum atomic E-state index is -1.52. The van der Waals surface area contributed by atoms with Gasteiger partial charge in [-0.3, -0.25) is 9.59 Å². The Bertz CT molecular complexity index is 1700. The Hall–Kier alpha value is -4.83. The van der Waals surface area contributed by atoms with Gasteiger partial charge in [0.05, 0.1) is 34.4 Å². The van der Waals surface area contributed by atoms with Crippen molar-refractivity contribution in [1.82, 2.24) is 0 Å². The number of carbonyl (C=O) groups is 3. The normalized spacial score (nSPS) is 13.9. The number of carboxylic acid groups (broad SMARTS) is 1. The summed E-state index contributed by atoms with van der Waals surface area (Å²) in [5, 5.41) is 9.63. The zero-order valence-electron chi connectivity index (χ0n) is 46.5. The second kappa shape index (κ2) is 53.5.